The van der Waals surface area contributed by atoms with Crippen LogP contribution in [-0.4, -0.2) is 61.6 Å². The summed E-state index contributed by atoms with van der Waals surface area (Å²) in [5.41, 5.74) is 2.41. The molecule has 8 nitrogen and oxygen atoms in total. The highest BCUT2D eigenvalue weighted by Gasteiger charge is 2.18. The molecule has 0 saturated carbocycles. The highest BCUT2D eigenvalue weighted by molar-refractivity contribution is 6.04. The van der Waals surface area contributed by atoms with Gasteiger partial charge in [-0.25, -0.2) is 0 Å². The van der Waals surface area contributed by atoms with Crippen LogP contribution in [0.3, 0.4) is 0 Å². The first-order valence-electron chi connectivity index (χ1n) is 13.8. The first-order valence-corrected chi connectivity index (χ1v) is 13.8. The normalized spacial score (nSPS) is 13.6. The van der Waals surface area contributed by atoms with E-state index in [1.165, 1.54) is 25.7 Å². The Hall–Kier alpha value is -3.10. The van der Waals surface area contributed by atoms with Crippen LogP contribution in [0.1, 0.15) is 79.5 Å². The Morgan fingerprint density at radius 3 is 2.13 bits per heavy atom. The number of halogens is 1. The average molecular weight is 560 g/mol. The van der Waals surface area contributed by atoms with E-state index < -0.39 is 0 Å². The lowest BCUT2D eigenvalue weighted by molar-refractivity contribution is -0.147. The Bertz CT molecular complexity index is 1020. The fourth-order valence-electron chi connectivity index (χ4n) is 4.31. The number of carbonyl (C=O) groups excluding carboxylic acids is 3. The highest BCUT2D eigenvalue weighted by Crippen LogP contribution is 2.16. The number of carbonyl (C=O) groups is 3. The summed E-state index contributed by atoms with van der Waals surface area (Å²) in [7, 11) is 0. The number of hydrogen-bond acceptors (Lipinski definition) is 6. The maximum absolute atomic E-state index is 12.7. The molecule has 2 amide bonds. The van der Waals surface area contributed by atoms with E-state index in [0.29, 0.717) is 43.1 Å². The fourth-order valence-corrected chi connectivity index (χ4v) is 4.31. The third-order valence-corrected chi connectivity index (χ3v) is 6.66. The standard InChI is InChI=1S/C30H41N3O5.ClH/c1-3-5-6-7-8-9-27(4-2)38-28(34)22-31-25-14-10-23(11-15-25)29(35)32-26-16-12-24(13-17-26)30(36)33-18-20-37-21-19-33;/h10-17,27,31H,3-9,18-22H2,1-2H3,(H,32,35);1H. The molecular weight excluding hydrogens is 518 g/mol. The molecule has 0 bridgehead atoms. The smallest absolute Gasteiger partial charge is 0.325 e. The van der Waals surface area contributed by atoms with Crippen LogP contribution in [0.2, 0.25) is 0 Å². The first kappa shape index (κ1) is 32.1. The zero-order valence-electron chi connectivity index (χ0n) is 23.1. The van der Waals surface area contributed by atoms with E-state index in [1.54, 1.807) is 53.4 Å². The van der Waals surface area contributed by atoms with Gasteiger partial charge in [0.05, 0.1) is 13.2 Å². The zero-order chi connectivity index (χ0) is 27.2. The number of nitrogens with zero attached hydrogens (tertiary/aromatic N) is 1. The molecule has 1 fully saturated rings. The SMILES string of the molecule is CCCCCCCC(CC)OC(=O)CNc1ccc(C(=O)Nc2ccc(C(=O)N3CCOCC3)cc2)cc1.Cl. The molecule has 0 radical (unpaired) electrons. The minimum Gasteiger partial charge on any atom is -0.461 e. The maximum atomic E-state index is 12.7. The molecule has 1 heterocycles. The Balaban J connectivity index is 0.00000533. The molecule has 1 aliphatic rings. The predicted molar refractivity (Wildman–Crippen MR) is 157 cm³/mol. The molecule has 0 aromatic heterocycles. The van der Waals surface area contributed by atoms with Crippen LogP contribution in [0.15, 0.2) is 48.5 Å². The molecule has 214 valence electrons. The Morgan fingerprint density at radius 1 is 0.872 bits per heavy atom. The summed E-state index contributed by atoms with van der Waals surface area (Å²) in [6.45, 7) is 6.59. The van der Waals surface area contributed by atoms with Gasteiger partial charge in [0.2, 0.25) is 0 Å². The molecule has 0 aliphatic carbocycles. The van der Waals surface area contributed by atoms with E-state index in [-0.39, 0.29) is 42.8 Å². The van der Waals surface area contributed by atoms with E-state index in [2.05, 4.69) is 17.6 Å². The zero-order valence-corrected chi connectivity index (χ0v) is 23.9. The molecular formula is C30H42ClN3O5. The summed E-state index contributed by atoms with van der Waals surface area (Å²) >= 11 is 0. The van der Waals surface area contributed by atoms with Crippen molar-refractivity contribution in [3.05, 3.63) is 59.7 Å². The highest BCUT2D eigenvalue weighted by atomic mass is 35.5. The number of ether oxygens (including phenoxy) is 2. The van der Waals surface area contributed by atoms with Crippen molar-refractivity contribution in [1.82, 2.24) is 4.90 Å². The summed E-state index contributed by atoms with van der Waals surface area (Å²) in [6.07, 6.45) is 7.66. The number of nitrogens with one attached hydrogen (secondary N) is 2. The van der Waals surface area contributed by atoms with Crippen molar-refractivity contribution in [3.8, 4) is 0 Å². The molecule has 0 spiro atoms. The van der Waals surface area contributed by atoms with Crippen molar-refractivity contribution in [3.63, 3.8) is 0 Å². The van der Waals surface area contributed by atoms with Gasteiger partial charge in [-0.15, -0.1) is 12.4 Å². The van der Waals surface area contributed by atoms with Crippen LogP contribution < -0.4 is 10.6 Å². The fraction of sp³-hybridized carbons (Fsp3) is 0.500. The predicted octanol–water partition coefficient (Wildman–Crippen LogP) is 5.93. The van der Waals surface area contributed by atoms with Crippen molar-refractivity contribution < 1.29 is 23.9 Å². The largest absolute Gasteiger partial charge is 0.461 e. The lowest BCUT2D eigenvalue weighted by atomic mass is 10.1. The Labute approximate surface area is 238 Å². The van der Waals surface area contributed by atoms with Crippen LogP contribution >= 0.6 is 12.4 Å². The van der Waals surface area contributed by atoms with Crippen LogP contribution in [0.4, 0.5) is 11.4 Å². The number of rotatable bonds is 14. The molecule has 1 aliphatic heterocycles. The van der Waals surface area contributed by atoms with Crippen LogP contribution in [0.25, 0.3) is 0 Å². The monoisotopic (exact) mass is 559 g/mol. The second-order valence-electron chi connectivity index (χ2n) is 9.59. The van der Waals surface area contributed by atoms with Crippen molar-refractivity contribution in [1.29, 1.82) is 0 Å². The van der Waals surface area contributed by atoms with Gasteiger partial charge >= 0.3 is 5.97 Å². The van der Waals surface area contributed by atoms with Gasteiger partial charge in [-0.2, -0.15) is 0 Å². The molecule has 9 heteroatoms. The summed E-state index contributed by atoms with van der Waals surface area (Å²) in [4.78, 5) is 39.3. The van der Waals surface area contributed by atoms with Gasteiger partial charge in [0.1, 0.15) is 12.6 Å². The summed E-state index contributed by atoms with van der Waals surface area (Å²) in [6, 6.07) is 13.8. The van der Waals surface area contributed by atoms with Crippen molar-refractivity contribution in [2.45, 2.75) is 64.9 Å². The Kier molecular flexibility index (Phi) is 14.4. The van der Waals surface area contributed by atoms with Crippen molar-refractivity contribution in [2.24, 2.45) is 0 Å². The maximum Gasteiger partial charge on any atom is 0.325 e. The molecule has 1 saturated heterocycles. The molecule has 1 unspecified atom stereocenters. The number of anilines is 2. The van der Waals surface area contributed by atoms with E-state index >= 15 is 0 Å². The molecule has 1 atom stereocenters. The number of amides is 2. The van der Waals surface area contributed by atoms with Crippen LogP contribution in [-0.2, 0) is 14.3 Å². The summed E-state index contributed by atoms with van der Waals surface area (Å²) in [5.74, 6) is -0.568. The second kappa shape index (κ2) is 17.5. The van der Waals surface area contributed by atoms with Crippen molar-refractivity contribution in [2.75, 3.05) is 43.5 Å². The lowest BCUT2D eigenvalue weighted by Crippen LogP contribution is -2.40. The van der Waals surface area contributed by atoms with E-state index in [9.17, 15) is 14.4 Å². The van der Waals surface area contributed by atoms with Gasteiger partial charge in [-0.1, -0.05) is 39.5 Å². The van der Waals surface area contributed by atoms with E-state index in [0.717, 1.165) is 24.9 Å². The van der Waals surface area contributed by atoms with Crippen LogP contribution in [0, 0.1) is 0 Å². The number of hydrogen-bond donors (Lipinski definition) is 2. The molecule has 3 rings (SSSR count). The molecule has 2 aromatic carbocycles. The third kappa shape index (κ3) is 10.9. The van der Waals surface area contributed by atoms with Gasteiger partial charge < -0.3 is 25.0 Å². The molecule has 2 aromatic rings. The van der Waals surface area contributed by atoms with E-state index in [1.807, 2.05) is 6.92 Å². The number of benzene rings is 2. The minimum atomic E-state index is -0.275. The third-order valence-electron chi connectivity index (χ3n) is 6.66. The Morgan fingerprint density at radius 2 is 1.49 bits per heavy atom. The summed E-state index contributed by atoms with van der Waals surface area (Å²) < 4.78 is 10.9. The number of unbranched alkanes of at least 4 members (excludes halogenated alkanes) is 4. The second-order valence-corrected chi connectivity index (χ2v) is 9.59. The van der Waals surface area contributed by atoms with Gasteiger partial charge in [0, 0.05) is 35.6 Å². The molecule has 2 N–H and O–H groups in total. The topological polar surface area (TPSA) is 97.0 Å². The quantitative estimate of drug-likeness (QED) is 0.220. The van der Waals surface area contributed by atoms with E-state index in [4.69, 9.17) is 9.47 Å². The molecule has 39 heavy (non-hydrogen) atoms. The van der Waals surface area contributed by atoms with Gasteiger partial charge in [-0.3, -0.25) is 14.4 Å². The van der Waals surface area contributed by atoms with Crippen molar-refractivity contribution >= 4 is 41.6 Å². The summed E-state index contributed by atoms with van der Waals surface area (Å²) in [5, 5.41) is 5.92. The lowest BCUT2D eigenvalue weighted by Gasteiger charge is -2.26. The van der Waals surface area contributed by atoms with Gasteiger partial charge in [-0.05, 0) is 67.8 Å². The minimum absolute atomic E-state index is 0. The van der Waals surface area contributed by atoms with Gasteiger partial charge in [0.25, 0.3) is 11.8 Å². The number of esters is 1. The number of morpholine rings is 1. The van der Waals surface area contributed by atoms with Crippen LogP contribution in [0.5, 0.6) is 0 Å². The first-order chi connectivity index (χ1) is 18.5. The average Bonchev–Trinajstić information content (AvgIpc) is 2.96. The van der Waals surface area contributed by atoms with Gasteiger partial charge in [0.15, 0.2) is 0 Å².